The predicted octanol–water partition coefficient (Wildman–Crippen LogP) is 5.92. The fourth-order valence-electron chi connectivity index (χ4n) is 5.98. The monoisotopic (exact) mass is 619 g/mol. The number of aliphatic carboxylic acids is 1. The lowest BCUT2D eigenvalue weighted by Gasteiger charge is -2.39. The Labute approximate surface area is 235 Å². The van der Waals surface area contributed by atoms with Crippen molar-refractivity contribution in [2.24, 2.45) is 11.3 Å². The third kappa shape index (κ3) is 7.53. The summed E-state index contributed by atoms with van der Waals surface area (Å²) in [5.74, 6) is -1.48. The summed E-state index contributed by atoms with van der Waals surface area (Å²) >= 11 is 0. The molecule has 1 aromatic rings. The van der Waals surface area contributed by atoms with Crippen LogP contribution < -0.4 is 4.90 Å². The van der Waals surface area contributed by atoms with Crippen molar-refractivity contribution in [1.29, 1.82) is 0 Å². The third-order valence-corrected chi connectivity index (χ3v) is 8.33. The van der Waals surface area contributed by atoms with Crippen LogP contribution in [0.25, 0.3) is 0 Å². The standard InChI is InChI=1S/C26H30F9N3O4/c27-24(28,29)18-11-16(12-19(13-18)37-6-1-17(2-7-37)20(39)40)14-36-8-3-23(15-36)4-9-38(10-5-23)22(41)42-21(25(30,31)32)26(33,34)35/h11-13,17,21H,1-10,14-15H2,(H,39,40). The molecule has 1 spiro atoms. The van der Waals surface area contributed by atoms with Crippen LogP contribution in [0.1, 0.15) is 43.2 Å². The van der Waals surface area contributed by atoms with Crippen LogP contribution in [0, 0.1) is 11.3 Å². The van der Waals surface area contributed by atoms with E-state index in [-0.39, 0.29) is 32.5 Å². The van der Waals surface area contributed by atoms with E-state index in [2.05, 4.69) is 4.74 Å². The van der Waals surface area contributed by atoms with Gasteiger partial charge in [0, 0.05) is 45.0 Å². The molecule has 0 unspecified atom stereocenters. The van der Waals surface area contributed by atoms with E-state index in [9.17, 15) is 54.2 Å². The van der Waals surface area contributed by atoms with Crippen molar-refractivity contribution >= 4 is 17.7 Å². The van der Waals surface area contributed by atoms with Gasteiger partial charge >= 0.3 is 30.6 Å². The van der Waals surface area contributed by atoms with E-state index in [1.807, 2.05) is 4.90 Å². The Hall–Kier alpha value is -2.91. The number of carbonyl (C=O) groups excluding carboxylic acids is 1. The molecule has 3 aliphatic heterocycles. The predicted molar refractivity (Wildman–Crippen MR) is 130 cm³/mol. The molecule has 0 aromatic heterocycles. The van der Waals surface area contributed by atoms with Crippen LogP contribution in [0.3, 0.4) is 0 Å². The van der Waals surface area contributed by atoms with E-state index >= 15 is 0 Å². The van der Waals surface area contributed by atoms with Gasteiger partial charge in [-0.25, -0.2) is 4.79 Å². The molecule has 0 radical (unpaired) electrons. The van der Waals surface area contributed by atoms with Crippen molar-refractivity contribution in [2.75, 3.05) is 44.2 Å². The zero-order valence-electron chi connectivity index (χ0n) is 22.3. The van der Waals surface area contributed by atoms with Crippen molar-refractivity contribution in [2.45, 2.75) is 63.3 Å². The molecule has 236 valence electrons. The molecule has 42 heavy (non-hydrogen) atoms. The molecule has 0 aliphatic carbocycles. The first-order chi connectivity index (χ1) is 19.4. The molecule has 3 heterocycles. The highest BCUT2D eigenvalue weighted by atomic mass is 19.4. The van der Waals surface area contributed by atoms with Gasteiger partial charge in [-0.2, -0.15) is 39.5 Å². The van der Waals surface area contributed by atoms with E-state index in [1.54, 1.807) is 11.0 Å². The quantitative estimate of drug-likeness (QED) is 0.413. The summed E-state index contributed by atoms with van der Waals surface area (Å²) in [6.07, 6.45) is -20.4. The average Bonchev–Trinajstić information content (AvgIpc) is 3.27. The van der Waals surface area contributed by atoms with Gasteiger partial charge in [0.1, 0.15) is 0 Å². The topological polar surface area (TPSA) is 73.3 Å². The number of carboxylic acids is 1. The van der Waals surface area contributed by atoms with Crippen LogP contribution in [0.4, 0.5) is 50.0 Å². The van der Waals surface area contributed by atoms with Gasteiger partial charge in [0.05, 0.1) is 11.5 Å². The minimum absolute atomic E-state index is 0.116. The Bertz CT molecular complexity index is 1130. The zero-order chi connectivity index (χ0) is 31.1. The Morgan fingerprint density at radius 3 is 1.98 bits per heavy atom. The van der Waals surface area contributed by atoms with Gasteiger partial charge < -0.3 is 19.6 Å². The number of hydrogen-bond donors (Lipinski definition) is 1. The maximum atomic E-state index is 13.7. The smallest absolute Gasteiger partial charge is 0.434 e. The van der Waals surface area contributed by atoms with Gasteiger partial charge in [0.2, 0.25) is 0 Å². The number of hydrogen-bond acceptors (Lipinski definition) is 5. The molecule has 3 fully saturated rings. The highest BCUT2D eigenvalue weighted by Crippen LogP contribution is 2.42. The van der Waals surface area contributed by atoms with Gasteiger partial charge in [-0.1, -0.05) is 0 Å². The molecule has 1 amide bonds. The summed E-state index contributed by atoms with van der Waals surface area (Å²) in [5, 5.41) is 9.21. The molecule has 0 atom stereocenters. The second-order valence-corrected chi connectivity index (χ2v) is 11.3. The third-order valence-electron chi connectivity index (χ3n) is 8.33. The molecule has 0 bridgehead atoms. The number of likely N-dealkylation sites (tertiary alicyclic amines) is 2. The largest absolute Gasteiger partial charge is 0.481 e. The van der Waals surface area contributed by atoms with E-state index in [0.29, 0.717) is 56.7 Å². The first-order valence-electron chi connectivity index (χ1n) is 13.4. The summed E-state index contributed by atoms with van der Waals surface area (Å²) in [5.41, 5.74) is -0.468. The zero-order valence-corrected chi connectivity index (χ0v) is 22.3. The normalized spacial score (nSPS) is 20.9. The maximum absolute atomic E-state index is 13.7. The number of nitrogens with zero attached hydrogens (tertiary/aromatic N) is 3. The number of benzene rings is 1. The van der Waals surface area contributed by atoms with Crippen molar-refractivity contribution < 1.29 is 58.9 Å². The Kier molecular flexibility index (Phi) is 8.87. The number of amides is 1. The first kappa shape index (κ1) is 32.0. The lowest BCUT2D eigenvalue weighted by atomic mass is 9.78. The molecule has 4 rings (SSSR count). The Morgan fingerprint density at radius 2 is 1.45 bits per heavy atom. The molecular formula is C26H30F9N3O4. The molecule has 16 heteroatoms. The number of ether oxygens (including phenoxy) is 1. The average molecular weight is 620 g/mol. The van der Waals surface area contributed by atoms with Crippen LogP contribution in [-0.4, -0.2) is 84.7 Å². The second kappa shape index (κ2) is 11.6. The van der Waals surface area contributed by atoms with Crippen molar-refractivity contribution in [3.63, 3.8) is 0 Å². The van der Waals surface area contributed by atoms with Crippen molar-refractivity contribution in [3.8, 4) is 0 Å². The second-order valence-electron chi connectivity index (χ2n) is 11.3. The maximum Gasteiger partial charge on any atom is 0.434 e. The van der Waals surface area contributed by atoms with Crippen LogP contribution >= 0.6 is 0 Å². The molecule has 3 aliphatic rings. The summed E-state index contributed by atoms with van der Waals surface area (Å²) in [4.78, 5) is 27.8. The number of anilines is 1. The van der Waals surface area contributed by atoms with Gasteiger partial charge in [-0.05, 0) is 67.8 Å². The van der Waals surface area contributed by atoms with Crippen molar-refractivity contribution in [3.05, 3.63) is 29.3 Å². The Morgan fingerprint density at radius 1 is 0.881 bits per heavy atom. The van der Waals surface area contributed by atoms with Crippen LogP contribution in [0.15, 0.2) is 18.2 Å². The highest BCUT2D eigenvalue weighted by molar-refractivity contribution is 5.70. The molecule has 7 nitrogen and oxygen atoms in total. The van der Waals surface area contributed by atoms with Gasteiger partial charge in [0.15, 0.2) is 0 Å². The van der Waals surface area contributed by atoms with E-state index in [1.165, 1.54) is 0 Å². The van der Waals surface area contributed by atoms with E-state index < -0.39 is 53.6 Å². The first-order valence-corrected chi connectivity index (χ1v) is 13.4. The summed E-state index contributed by atoms with van der Waals surface area (Å²) in [6, 6.07) is 3.76. The number of alkyl halides is 9. The fraction of sp³-hybridized carbons (Fsp3) is 0.692. The summed E-state index contributed by atoms with van der Waals surface area (Å²) in [6.45, 7) is 1.48. The molecule has 1 N–H and O–H groups in total. The van der Waals surface area contributed by atoms with Crippen LogP contribution in [0.2, 0.25) is 0 Å². The highest BCUT2D eigenvalue weighted by Gasteiger charge is 2.60. The van der Waals surface area contributed by atoms with Crippen molar-refractivity contribution in [1.82, 2.24) is 9.80 Å². The van der Waals surface area contributed by atoms with Gasteiger partial charge in [-0.15, -0.1) is 0 Å². The molecule has 3 saturated heterocycles. The number of rotatable bonds is 5. The number of carbonyl (C=O) groups is 2. The van der Waals surface area contributed by atoms with Crippen LogP contribution in [-0.2, 0) is 22.3 Å². The molecular weight excluding hydrogens is 589 g/mol. The number of carboxylic acid groups (broad SMARTS) is 1. The van der Waals surface area contributed by atoms with Crippen LogP contribution in [0.5, 0.6) is 0 Å². The molecule has 1 aromatic carbocycles. The number of piperidine rings is 2. The lowest BCUT2D eigenvalue weighted by Crippen LogP contribution is -2.50. The lowest BCUT2D eigenvalue weighted by molar-refractivity contribution is -0.308. The summed E-state index contributed by atoms with van der Waals surface area (Å²) < 4.78 is 122. The van der Waals surface area contributed by atoms with Gasteiger partial charge in [0.25, 0.3) is 6.10 Å². The number of halogens is 9. The SMILES string of the molecule is O=C(O)C1CCN(c2cc(CN3CCC4(CCN(C(=O)OC(C(F)(F)F)C(F)(F)F)CC4)C3)cc(C(F)(F)F)c2)CC1. The summed E-state index contributed by atoms with van der Waals surface area (Å²) in [7, 11) is 0. The van der Waals surface area contributed by atoms with E-state index in [4.69, 9.17) is 0 Å². The van der Waals surface area contributed by atoms with E-state index in [0.717, 1.165) is 17.0 Å². The molecule has 0 saturated carbocycles. The fourth-order valence-corrected chi connectivity index (χ4v) is 5.98. The Balaban J connectivity index is 1.38. The van der Waals surface area contributed by atoms with Gasteiger partial charge in [-0.3, -0.25) is 9.69 Å². The minimum Gasteiger partial charge on any atom is -0.481 e. The minimum atomic E-state index is -5.81.